The average molecular weight is 481 g/mol. The summed E-state index contributed by atoms with van der Waals surface area (Å²) in [6.45, 7) is 9.75. The van der Waals surface area contributed by atoms with E-state index in [1.165, 1.54) is 4.88 Å². The van der Waals surface area contributed by atoms with E-state index in [0.29, 0.717) is 24.4 Å². The number of nitrogens with one attached hydrogen (secondary N) is 1. The van der Waals surface area contributed by atoms with Crippen molar-refractivity contribution in [3.05, 3.63) is 68.4 Å². The monoisotopic (exact) mass is 480 g/mol. The Balaban J connectivity index is 1.74. The van der Waals surface area contributed by atoms with Gasteiger partial charge in [0.1, 0.15) is 5.75 Å². The van der Waals surface area contributed by atoms with Crippen LogP contribution in [-0.4, -0.2) is 37.2 Å². The van der Waals surface area contributed by atoms with E-state index < -0.39 is 0 Å². The maximum Gasteiger partial charge on any atom is 0.252 e. The highest BCUT2D eigenvalue weighted by Crippen LogP contribution is 2.31. The van der Waals surface area contributed by atoms with Crippen molar-refractivity contribution in [3.63, 3.8) is 0 Å². The van der Waals surface area contributed by atoms with E-state index in [1.54, 1.807) is 18.4 Å². The molecule has 1 aromatic carbocycles. The van der Waals surface area contributed by atoms with Crippen LogP contribution in [-0.2, 0) is 18.6 Å². The highest BCUT2D eigenvalue weighted by Gasteiger charge is 2.31. The van der Waals surface area contributed by atoms with Crippen LogP contribution >= 0.6 is 11.3 Å². The van der Waals surface area contributed by atoms with Gasteiger partial charge >= 0.3 is 0 Å². The molecular formula is C25H32N6O2S. The van der Waals surface area contributed by atoms with Crippen molar-refractivity contribution < 1.29 is 4.74 Å². The summed E-state index contributed by atoms with van der Waals surface area (Å²) < 4.78 is 7.24. The summed E-state index contributed by atoms with van der Waals surface area (Å²) in [5.41, 5.74) is 1.17. The smallest absolute Gasteiger partial charge is 0.252 e. The molecule has 0 aliphatic rings. The number of hydrogen-bond donors (Lipinski definition) is 1. The normalized spacial score (nSPS) is 13.0. The number of H-pyrrole nitrogens is 1. The second kappa shape index (κ2) is 10.1. The van der Waals surface area contributed by atoms with Gasteiger partial charge < -0.3 is 9.72 Å². The van der Waals surface area contributed by atoms with Crippen LogP contribution in [0.2, 0.25) is 0 Å². The van der Waals surface area contributed by atoms with Crippen molar-refractivity contribution in [3.8, 4) is 5.75 Å². The van der Waals surface area contributed by atoms with Crippen LogP contribution in [0.25, 0.3) is 10.9 Å². The molecule has 0 fully saturated rings. The molecule has 0 saturated carbocycles. The number of thiophene rings is 1. The van der Waals surface area contributed by atoms with Crippen LogP contribution in [0.1, 0.15) is 62.8 Å². The lowest BCUT2D eigenvalue weighted by atomic mass is 10.0. The molecule has 0 saturated heterocycles. The third kappa shape index (κ3) is 4.90. The number of hydrogen-bond acceptors (Lipinski definition) is 7. The van der Waals surface area contributed by atoms with Crippen molar-refractivity contribution >= 4 is 22.2 Å². The second-order valence-corrected chi connectivity index (χ2v) is 10.1. The number of aromatic amines is 1. The summed E-state index contributed by atoms with van der Waals surface area (Å²) >= 11 is 1.71. The van der Waals surface area contributed by atoms with E-state index in [4.69, 9.17) is 4.74 Å². The van der Waals surface area contributed by atoms with Crippen molar-refractivity contribution in [1.82, 2.24) is 30.1 Å². The summed E-state index contributed by atoms with van der Waals surface area (Å²) in [7, 11) is 1.62. The highest BCUT2D eigenvalue weighted by molar-refractivity contribution is 7.09. The van der Waals surface area contributed by atoms with Gasteiger partial charge in [0, 0.05) is 29.6 Å². The number of aromatic nitrogens is 5. The number of nitrogens with zero attached hydrogens (tertiary/aromatic N) is 5. The van der Waals surface area contributed by atoms with Gasteiger partial charge in [-0.2, -0.15) is 0 Å². The lowest BCUT2D eigenvalue weighted by Gasteiger charge is -2.32. The Kier molecular flexibility index (Phi) is 7.13. The minimum absolute atomic E-state index is 0.0473. The van der Waals surface area contributed by atoms with Gasteiger partial charge in [0.15, 0.2) is 5.82 Å². The molecule has 1 atom stereocenters. The number of pyridine rings is 1. The lowest BCUT2D eigenvalue weighted by molar-refractivity contribution is 0.152. The molecule has 0 aliphatic heterocycles. The predicted molar refractivity (Wildman–Crippen MR) is 135 cm³/mol. The number of methoxy groups -OCH3 is 1. The molecule has 8 nitrogen and oxygen atoms in total. The Morgan fingerprint density at radius 3 is 2.71 bits per heavy atom. The lowest BCUT2D eigenvalue weighted by Crippen LogP contribution is -2.35. The number of ether oxygens (including phenoxy) is 1. The zero-order valence-electron chi connectivity index (χ0n) is 20.4. The fourth-order valence-corrected chi connectivity index (χ4v) is 4.88. The van der Waals surface area contributed by atoms with Crippen LogP contribution in [0.15, 0.2) is 46.6 Å². The highest BCUT2D eigenvalue weighted by atomic mass is 32.1. The number of benzene rings is 1. The molecule has 0 aliphatic carbocycles. The third-order valence-electron chi connectivity index (χ3n) is 6.50. The Morgan fingerprint density at radius 1 is 1.21 bits per heavy atom. The first kappa shape index (κ1) is 24.1. The van der Waals surface area contributed by atoms with Crippen molar-refractivity contribution in [2.24, 2.45) is 0 Å². The molecule has 0 radical (unpaired) electrons. The van der Waals surface area contributed by atoms with Gasteiger partial charge in [-0.1, -0.05) is 19.9 Å². The standard InChI is InChI=1S/C25H32N6O2S/c1-6-22(23-27-28-29-31(23)25(3,4)7-2)30(16-20-9-8-12-34-20)15-18-13-17-10-11-19(33-5)14-21(17)26-24(18)32/h8-14,22H,6-7,15-16H2,1-5H3,(H,26,32)/t22-/m1/s1. The fraction of sp³-hybridized carbons (Fsp3) is 0.440. The van der Waals surface area contributed by atoms with Gasteiger partial charge in [-0.25, -0.2) is 4.68 Å². The first-order chi connectivity index (χ1) is 16.4. The average Bonchev–Trinajstić information content (AvgIpc) is 3.52. The number of tetrazole rings is 1. The molecular weight excluding hydrogens is 448 g/mol. The molecule has 0 unspecified atom stereocenters. The molecule has 3 aromatic heterocycles. The Labute approximate surface area is 203 Å². The summed E-state index contributed by atoms with van der Waals surface area (Å²) in [5.74, 6) is 1.54. The van der Waals surface area contributed by atoms with Crippen LogP contribution in [0, 0.1) is 0 Å². The maximum atomic E-state index is 13.1. The first-order valence-corrected chi connectivity index (χ1v) is 12.5. The molecule has 4 rings (SSSR count). The minimum Gasteiger partial charge on any atom is -0.497 e. The summed E-state index contributed by atoms with van der Waals surface area (Å²) in [6, 6.07) is 11.8. The predicted octanol–water partition coefficient (Wildman–Crippen LogP) is 4.88. The second-order valence-electron chi connectivity index (χ2n) is 9.10. The van der Waals surface area contributed by atoms with Crippen LogP contribution in [0.5, 0.6) is 5.75 Å². The molecule has 9 heteroatoms. The van der Waals surface area contributed by atoms with Crippen LogP contribution in [0.4, 0.5) is 0 Å². The maximum absolute atomic E-state index is 13.1. The molecule has 3 heterocycles. The Morgan fingerprint density at radius 2 is 2.03 bits per heavy atom. The quantitative estimate of drug-likeness (QED) is 0.348. The number of rotatable bonds is 10. The molecule has 180 valence electrons. The van der Waals surface area contributed by atoms with Gasteiger partial charge in [0.05, 0.1) is 24.2 Å². The molecule has 1 N–H and O–H groups in total. The Hall–Kier alpha value is -3.04. The van der Waals surface area contributed by atoms with E-state index in [0.717, 1.165) is 29.6 Å². The van der Waals surface area contributed by atoms with Gasteiger partial charge in [0.25, 0.3) is 5.56 Å². The van der Waals surface area contributed by atoms with Crippen molar-refractivity contribution in [1.29, 1.82) is 0 Å². The van der Waals surface area contributed by atoms with E-state index in [2.05, 4.69) is 70.6 Å². The fourth-order valence-electron chi connectivity index (χ4n) is 4.15. The molecule has 0 spiro atoms. The third-order valence-corrected chi connectivity index (χ3v) is 7.36. The SMILES string of the molecule is CC[C@H](c1nnnn1C(C)(C)CC)N(Cc1cccs1)Cc1cc2ccc(OC)cc2[nH]c1=O. The van der Waals surface area contributed by atoms with E-state index in [1.807, 2.05) is 28.9 Å². The zero-order chi connectivity index (χ0) is 24.3. The van der Waals surface area contributed by atoms with E-state index in [-0.39, 0.29) is 17.1 Å². The van der Waals surface area contributed by atoms with Gasteiger partial charge in [-0.3, -0.25) is 9.69 Å². The van der Waals surface area contributed by atoms with Gasteiger partial charge in [-0.05, 0) is 72.1 Å². The van der Waals surface area contributed by atoms with E-state index in [9.17, 15) is 4.79 Å². The van der Waals surface area contributed by atoms with E-state index >= 15 is 0 Å². The molecule has 4 aromatic rings. The Bertz CT molecular complexity index is 1290. The summed E-state index contributed by atoms with van der Waals surface area (Å²) in [4.78, 5) is 19.6. The molecule has 34 heavy (non-hydrogen) atoms. The van der Waals surface area contributed by atoms with Crippen molar-refractivity contribution in [2.45, 2.75) is 65.2 Å². The van der Waals surface area contributed by atoms with Crippen molar-refractivity contribution in [2.75, 3.05) is 7.11 Å². The summed E-state index contributed by atoms with van der Waals surface area (Å²) in [6.07, 6.45) is 1.72. The van der Waals surface area contributed by atoms with Gasteiger partial charge in [-0.15, -0.1) is 16.4 Å². The zero-order valence-corrected chi connectivity index (χ0v) is 21.2. The topological polar surface area (TPSA) is 88.9 Å². The van der Waals surface area contributed by atoms with Crippen LogP contribution in [0.3, 0.4) is 0 Å². The minimum atomic E-state index is -0.208. The van der Waals surface area contributed by atoms with Crippen LogP contribution < -0.4 is 10.3 Å². The molecule has 0 bridgehead atoms. The largest absolute Gasteiger partial charge is 0.497 e. The first-order valence-electron chi connectivity index (χ1n) is 11.6. The number of fused-ring (bicyclic) bond motifs is 1. The molecule has 0 amide bonds. The van der Waals surface area contributed by atoms with Gasteiger partial charge in [0.2, 0.25) is 0 Å². The summed E-state index contributed by atoms with van der Waals surface area (Å²) in [5, 5.41) is 15.9.